The normalized spacial score (nSPS) is 14.7. The minimum Gasteiger partial charge on any atom is -0.368 e. The van der Waals surface area contributed by atoms with Crippen LogP contribution in [0.3, 0.4) is 0 Å². The predicted octanol–water partition coefficient (Wildman–Crippen LogP) is 5.31. The molecule has 4 rings (SSSR count). The number of hydrogen-bond acceptors (Lipinski definition) is 4. The van der Waals surface area contributed by atoms with E-state index in [2.05, 4.69) is 18.7 Å². The molecule has 180 valence electrons. The number of benzene rings is 2. The van der Waals surface area contributed by atoms with E-state index in [-0.39, 0.29) is 5.91 Å². The van der Waals surface area contributed by atoms with Gasteiger partial charge in [-0.05, 0) is 36.2 Å². The fraction of sp³-hybridized carbons (Fsp3) is 0.385. The van der Waals surface area contributed by atoms with Crippen LogP contribution >= 0.6 is 0 Å². The summed E-state index contributed by atoms with van der Waals surface area (Å²) in [6, 6.07) is 14.9. The highest BCUT2D eigenvalue weighted by atomic mass is 19.4. The highest BCUT2D eigenvalue weighted by Crippen LogP contribution is 2.32. The number of para-hydroxylation sites is 1. The number of aromatic nitrogens is 1. The number of nitrogens with zero attached hydrogens (tertiary/aromatic N) is 4. The molecule has 0 unspecified atom stereocenters. The number of pyridine rings is 1. The molecular weight excluding hydrogens is 441 g/mol. The Morgan fingerprint density at radius 1 is 1.00 bits per heavy atom. The van der Waals surface area contributed by atoms with Crippen LogP contribution in [0.2, 0.25) is 0 Å². The van der Waals surface area contributed by atoms with Crippen molar-refractivity contribution in [3.05, 3.63) is 65.7 Å². The molecule has 1 amide bonds. The van der Waals surface area contributed by atoms with Crippen molar-refractivity contribution in [2.24, 2.45) is 5.92 Å². The van der Waals surface area contributed by atoms with Gasteiger partial charge in [-0.1, -0.05) is 38.1 Å². The molecule has 1 aliphatic heterocycles. The standard InChI is InChI=1S/C26H29F3N4O/c1-18(2)17-31(3)25(34)22-16-24(30-23-10-5-4-9-21(22)23)33-13-11-32(12-14-33)20-8-6-7-19(15-20)26(27,28)29/h4-10,15-16,18H,11-14,17H2,1-3H3. The Morgan fingerprint density at radius 2 is 1.68 bits per heavy atom. The van der Waals surface area contributed by atoms with Gasteiger partial charge in [0.1, 0.15) is 5.82 Å². The van der Waals surface area contributed by atoms with E-state index < -0.39 is 11.7 Å². The monoisotopic (exact) mass is 470 g/mol. The average Bonchev–Trinajstić information content (AvgIpc) is 2.82. The van der Waals surface area contributed by atoms with Crippen LogP contribution in [0.4, 0.5) is 24.7 Å². The molecule has 1 fully saturated rings. The number of piperazine rings is 1. The first-order valence-electron chi connectivity index (χ1n) is 11.5. The number of halogens is 3. The van der Waals surface area contributed by atoms with Gasteiger partial charge in [0.2, 0.25) is 0 Å². The third-order valence-corrected chi connectivity index (χ3v) is 6.06. The van der Waals surface area contributed by atoms with Crippen LogP contribution in [0.15, 0.2) is 54.6 Å². The van der Waals surface area contributed by atoms with Gasteiger partial charge in [0, 0.05) is 50.8 Å². The molecule has 0 N–H and O–H groups in total. The van der Waals surface area contributed by atoms with Crippen molar-refractivity contribution in [1.82, 2.24) is 9.88 Å². The fourth-order valence-corrected chi connectivity index (χ4v) is 4.41. The van der Waals surface area contributed by atoms with Crippen LogP contribution in [0.25, 0.3) is 10.9 Å². The number of carbonyl (C=O) groups excluding carboxylic acids is 1. The van der Waals surface area contributed by atoms with E-state index in [0.29, 0.717) is 55.7 Å². The average molecular weight is 471 g/mol. The molecule has 2 aromatic carbocycles. The number of hydrogen-bond donors (Lipinski definition) is 0. The van der Waals surface area contributed by atoms with E-state index in [1.54, 1.807) is 11.0 Å². The second kappa shape index (κ2) is 9.52. The van der Waals surface area contributed by atoms with Gasteiger partial charge in [-0.15, -0.1) is 0 Å². The van der Waals surface area contributed by atoms with E-state index in [1.165, 1.54) is 12.1 Å². The Morgan fingerprint density at radius 3 is 2.35 bits per heavy atom. The van der Waals surface area contributed by atoms with E-state index >= 15 is 0 Å². The van der Waals surface area contributed by atoms with Crippen LogP contribution in [0, 0.1) is 5.92 Å². The van der Waals surface area contributed by atoms with E-state index in [4.69, 9.17) is 4.98 Å². The zero-order valence-electron chi connectivity index (χ0n) is 19.6. The molecule has 1 saturated heterocycles. The number of fused-ring (bicyclic) bond motifs is 1. The lowest BCUT2D eigenvalue weighted by Crippen LogP contribution is -2.47. The van der Waals surface area contributed by atoms with Gasteiger partial charge < -0.3 is 14.7 Å². The van der Waals surface area contributed by atoms with Crippen molar-refractivity contribution in [2.75, 3.05) is 49.6 Å². The highest BCUT2D eigenvalue weighted by molar-refractivity contribution is 6.06. The van der Waals surface area contributed by atoms with Gasteiger partial charge in [-0.3, -0.25) is 4.79 Å². The summed E-state index contributed by atoms with van der Waals surface area (Å²) in [7, 11) is 1.81. The number of carbonyl (C=O) groups is 1. The minimum atomic E-state index is -4.36. The van der Waals surface area contributed by atoms with Crippen molar-refractivity contribution in [2.45, 2.75) is 20.0 Å². The van der Waals surface area contributed by atoms with Gasteiger partial charge >= 0.3 is 6.18 Å². The van der Waals surface area contributed by atoms with Crippen LogP contribution in [-0.4, -0.2) is 55.6 Å². The summed E-state index contributed by atoms with van der Waals surface area (Å²) in [4.78, 5) is 23.8. The Bertz CT molecular complexity index is 1170. The quantitative estimate of drug-likeness (QED) is 0.507. The summed E-state index contributed by atoms with van der Waals surface area (Å²) in [5, 5.41) is 0.814. The second-order valence-corrected chi connectivity index (χ2v) is 9.15. The number of anilines is 2. The highest BCUT2D eigenvalue weighted by Gasteiger charge is 2.31. The lowest BCUT2D eigenvalue weighted by Gasteiger charge is -2.37. The Balaban J connectivity index is 1.57. The van der Waals surface area contributed by atoms with Crippen molar-refractivity contribution in [3.8, 4) is 0 Å². The van der Waals surface area contributed by atoms with Crippen molar-refractivity contribution >= 4 is 28.3 Å². The van der Waals surface area contributed by atoms with Crippen molar-refractivity contribution in [3.63, 3.8) is 0 Å². The lowest BCUT2D eigenvalue weighted by atomic mass is 10.1. The van der Waals surface area contributed by atoms with Gasteiger partial charge in [-0.25, -0.2) is 4.98 Å². The zero-order chi connectivity index (χ0) is 24.5. The van der Waals surface area contributed by atoms with E-state index in [1.807, 2.05) is 42.3 Å². The summed E-state index contributed by atoms with van der Waals surface area (Å²) < 4.78 is 39.3. The molecule has 0 bridgehead atoms. The molecule has 0 atom stereocenters. The molecule has 8 heteroatoms. The molecule has 0 spiro atoms. The summed E-state index contributed by atoms with van der Waals surface area (Å²) in [5.74, 6) is 1.02. The molecule has 34 heavy (non-hydrogen) atoms. The van der Waals surface area contributed by atoms with Crippen LogP contribution in [-0.2, 0) is 6.18 Å². The summed E-state index contributed by atoms with van der Waals surface area (Å²) in [5.41, 5.74) is 1.29. The lowest BCUT2D eigenvalue weighted by molar-refractivity contribution is -0.137. The number of alkyl halides is 3. The topological polar surface area (TPSA) is 39.7 Å². The fourth-order valence-electron chi connectivity index (χ4n) is 4.41. The van der Waals surface area contributed by atoms with E-state index in [0.717, 1.165) is 17.0 Å². The van der Waals surface area contributed by atoms with E-state index in [9.17, 15) is 18.0 Å². The minimum absolute atomic E-state index is 0.0452. The first-order chi connectivity index (χ1) is 16.1. The summed E-state index contributed by atoms with van der Waals surface area (Å²) in [6.45, 7) is 7.11. The SMILES string of the molecule is CC(C)CN(C)C(=O)c1cc(N2CCN(c3cccc(C(F)(F)F)c3)CC2)nc2ccccc12. The van der Waals surface area contributed by atoms with Crippen LogP contribution in [0.1, 0.15) is 29.8 Å². The molecule has 0 aliphatic carbocycles. The molecule has 5 nitrogen and oxygen atoms in total. The number of amides is 1. The van der Waals surface area contributed by atoms with Crippen molar-refractivity contribution in [1.29, 1.82) is 0 Å². The van der Waals surface area contributed by atoms with Gasteiger partial charge in [0.05, 0.1) is 16.6 Å². The second-order valence-electron chi connectivity index (χ2n) is 9.15. The third kappa shape index (κ3) is 5.11. The first kappa shape index (κ1) is 23.9. The molecule has 2 heterocycles. The molecule has 1 aromatic heterocycles. The zero-order valence-corrected chi connectivity index (χ0v) is 19.6. The number of rotatable bonds is 5. The predicted molar refractivity (Wildman–Crippen MR) is 129 cm³/mol. The maximum atomic E-state index is 13.3. The maximum Gasteiger partial charge on any atom is 0.416 e. The van der Waals surface area contributed by atoms with Gasteiger partial charge in [0.15, 0.2) is 0 Å². The van der Waals surface area contributed by atoms with Crippen LogP contribution < -0.4 is 9.80 Å². The molecule has 0 radical (unpaired) electrons. The molecule has 0 saturated carbocycles. The maximum absolute atomic E-state index is 13.3. The van der Waals surface area contributed by atoms with Gasteiger partial charge in [-0.2, -0.15) is 13.2 Å². The first-order valence-corrected chi connectivity index (χ1v) is 11.5. The Labute approximate surface area is 197 Å². The third-order valence-electron chi connectivity index (χ3n) is 6.06. The summed E-state index contributed by atoms with van der Waals surface area (Å²) >= 11 is 0. The van der Waals surface area contributed by atoms with Gasteiger partial charge in [0.25, 0.3) is 5.91 Å². The Hall–Kier alpha value is -3.29. The van der Waals surface area contributed by atoms with Crippen LogP contribution in [0.5, 0.6) is 0 Å². The van der Waals surface area contributed by atoms with Crippen molar-refractivity contribution < 1.29 is 18.0 Å². The molecular formula is C26H29F3N4O. The molecule has 3 aromatic rings. The summed E-state index contributed by atoms with van der Waals surface area (Å²) in [6.07, 6.45) is -4.36. The largest absolute Gasteiger partial charge is 0.416 e. The molecule has 1 aliphatic rings. The Kier molecular flexibility index (Phi) is 6.68. The smallest absolute Gasteiger partial charge is 0.368 e.